The SMILES string of the molecule is Cc1cc(COC(=O)c2ccccc2N(C)C(=O)c2cccs2)no1. The molecule has 6 nitrogen and oxygen atoms in total. The Kier molecular flexibility index (Phi) is 4.95. The van der Waals surface area contributed by atoms with Gasteiger partial charge in [0.1, 0.15) is 18.1 Å². The molecule has 0 N–H and O–H groups in total. The summed E-state index contributed by atoms with van der Waals surface area (Å²) in [6, 6.07) is 12.1. The van der Waals surface area contributed by atoms with Crippen LogP contribution in [0.2, 0.25) is 0 Å². The monoisotopic (exact) mass is 356 g/mol. The molecular weight excluding hydrogens is 340 g/mol. The molecule has 25 heavy (non-hydrogen) atoms. The molecule has 0 spiro atoms. The van der Waals surface area contributed by atoms with Crippen LogP contribution in [-0.2, 0) is 11.3 Å². The second-order valence-electron chi connectivity index (χ2n) is 5.36. The van der Waals surface area contributed by atoms with Crippen molar-refractivity contribution in [3.05, 3.63) is 69.7 Å². The Labute approximate surface area is 148 Å². The quantitative estimate of drug-likeness (QED) is 0.652. The predicted octanol–water partition coefficient (Wildman–Crippen LogP) is 3.68. The highest BCUT2D eigenvalue weighted by atomic mass is 32.1. The molecule has 0 aliphatic heterocycles. The lowest BCUT2D eigenvalue weighted by atomic mass is 10.1. The number of para-hydroxylation sites is 1. The summed E-state index contributed by atoms with van der Waals surface area (Å²) in [5, 5.41) is 5.62. The predicted molar refractivity (Wildman–Crippen MR) is 93.9 cm³/mol. The van der Waals surface area contributed by atoms with E-state index in [1.54, 1.807) is 50.4 Å². The third-order valence-corrected chi connectivity index (χ3v) is 4.41. The number of aromatic nitrogens is 1. The Bertz CT molecular complexity index is 886. The fourth-order valence-electron chi connectivity index (χ4n) is 2.32. The van der Waals surface area contributed by atoms with Crippen LogP contribution >= 0.6 is 11.3 Å². The summed E-state index contributed by atoms with van der Waals surface area (Å²) < 4.78 is 10.2. The van der Waals surface area contributed by atoms with E-state index in [0.717, 1.165) is 0 Å². The van der Waals surface area contributed by atoms with Crippen LogP contribution in [0.4, 0.5) is 5.69 Å². The van der Waals surface area contributed by atoms with E-state index in [1.165, 1.54) is 16.2 Å². The van der Waals surface area contributed by atoms with Gasteiger partial charge in [0.15, 0.2) is 0 Å². The molecule has 0 saturated carbocycles. The molecule has 7 heteroatoms. The number of hydrogen-bond donors (Lipinski definition) is 0. The molecule has 0 radical (unpaired) electrons. The molecule has 0 aliphatic carbocycles. The molecule has 1 amide bonds. The fraction of sp³-hybridized carbons (Fsp3) is 0.167. The van der Waals surface area contributed by atoms with Gasteiger partial charge in [-0.3, -0.25) is 4.79 Å². The van der Waals surface area contributed by atoms with Gasteiger partial charge < -0.3 is 14.2 Å². The lowest BCUT2D eigenvalue weighted by Gasteiger charge is -2.19. The lowest BCUT2D eigenvalue weighted by molar-refractivity contribution is 0.0465. The summed E-state index contributed by atoms with van der Waals surface area (Å²) in [5.74, 6) is -0.0582. The normalized spacial score (nSPS) is 10.5. The fourth-order valence-corrected chi connectivity index (χ4v) is 3.02. The number of anilines is 1. The molecule has 0 aliphatic rings. The Morgan fingerprint density at radius 3 is 2.72 bits per heavy atom. The summed E-state index contributed by atoms with van der Waals surface area (Å²) in [4.78, 5) is 27.0. The van der Waals surface area contributed by atoms with Gasteiger partial charge in [-0.25, -0.2) is 4.79 Å². The molecule has 0 saturated heterocycles. The van der Waals surface area contributed by atoms with E-state index >= 15 is 0 Å². The molecule has 2 aromatic heterocycles. The molecule has 128 valence electrons. The molecule has 3 rings (SSSR count). The van der Waals surface area contributed by atoms with E-state index in [0.29, 0.717) is 27.6 Å². The van der Waals surface area contributed by atoms with Crippen molar-refractivity contribution in [3.8, 4) is 0 Å². The number of esters is 1. The average molecular weight is 356 g/mol. The van der Waals surface area contributed by atoms with Crippen LogP contribution in [0, 0.1) is 6.92 Å². The Hall–Kier alpha value is -2.93. The van der Waals surface area contributed by atoms with Crippen molar-refractivity contribution >= 4 is 28.9 Å². The molecule has 1 aromatic carbocycles. The minimum absolute atomic E-state index is 0.00704. The Morgan fingerprint density at radius 1 is 1.24 bits per heavy atom. The zero-order valence-electron chi connectivity index (χ0n) is 13.8. The van der Waals surface area contributed by atoms with Gasteiger partial charge in [-0.15, -0.1) is 11.3 Å². The smallest absolute Gasteiger partial charge is 0.340 e. The zero-order chi connectivity index (χ0) is 17.8. The van der Waals surface area contributed by atoms with Crippen LogP contribution in [0.1, 0.15) is 31.5 Å². The van der Waals surface area contributed by atoms with Gasteiger partial charge in [-0.2, -0.15) is 0 Å². The summed E-state index contributed by atoms with van der Waals surface area (Å²) in [6.07, 6.45) is 0. The van der Waals surface area contributed by atoms with Crippen LogP contribution in [-0.4, -0.2) is 24.1 Å². The van der Waals surface area contributed by atoms with Crippen molar-refractivity contribution in [2.24, 2.45) is 0 Å². The Morgan fingerprint density at radius 2 is 2.04 bits per heavy atom. The van der Waals surface area contributed by atoms with Crippen LogP contribution in [0.25, 0.3) is 0 Å². The van der Waals surface area contributed by atoms with Gasteiger partial charge in [-0.1, -0.05) is 23.4 Å². The highest BCUT2D eigenvalue weighted by Gasteiger charge is 2.21. The van der Waals surface area contributed by atoms with Gasteiger partial charge in [-0.05, 0) is 30.5 Å². The summed E-state index contributed by atoms with van der Waals surface area (Å²) >= 11 is 1.35. The maximum atomic E-state index is 12.5. The largest absolute Gasteiger partial charge is 0.455 e. The van der Waals surface area contributed by atoms with Crippen molar-refractivity contribution in [1.29, 1.82) is 0 Å². The first-order valence-electron chi connectivity index (χ1n) is 7.56. The average Bonchev–Trinajstić information content (AvgIpc) is 3.30. The van der Waals surface area contributed by atoms with Crippen LogP contribution in [0.5, 0.6) is 0 Å². The van der Waals surface area contributed by atoms with Crippen molar-refractivity contribution in [1.82, 2.24) is 5.16 Å². The lowest BCUT2D eigenvalue weighted by Crippen LogP contribution is -2.27. The van der Waals surface area contributed by atoms with Crippen molar-refractivity contribution in [2.75, 3.05) is 11.9 Å². The van der Waals surface area contributed by atoms with Crippen LogP contribution in [0.3, 0.4) is 0 Å². The number of aryl methyl sites for hydroxylation is 1. The second kappa shape index (κ2) is 7.31. The number of rotatable bonds is 5. The number of benzene rings is 1. The summed E-state index contributed by atoms with van der Waals surface area (Å²) in [6.45, 7) is 1.77. The molecule has 3 aromatic rings. The standard InChI is InChI=1S/C18H16N2O4S/c1-12-10-13(19-24-12)11-23-18(22)14-6-3-4-7-15(14)20(2)17(21)16-8-5-9-25-16/h3-10H,11H2,1-2H3. The maximum Gasteiger partial charge on any atom is 0.340 e. The summed E-state index contributed by atoms with van der Waals surface area (Å²) in [7, 11) is 1.63. The summed E-state index contributed by atoms with van der Waals surface area (Å²) in [5.41, 5.74) is 1.34. The highest BCUT2D eigenvalue weighted by molar-refractivity contribution is 7.12. The third kappa shape index (κ3) is 3.77. The van der Waals surface area contributed by atoms with Gasteiger partial charge in [0.05, 0.1) is 16.1 Å². The van der Waals surface area contributed by atoms with Gasteiger partial charge >= 0.3 is 5.97 Å². The number of thiophene rings is 1. The van der Waals surface area contributed by atoms with E-state index in [1.807, 2.05) is 11.4 Å². The minimum atomic E-state index is -0.526. The molecule has 0 bridgehead atoms. The van der Waals surface area contributed by atoms with Crippen molar-refractivity contribution in [3.63, 3.8) is 0 Å². The van der Waals surface area contributed by atoms with Crippen molar-refractivity contribution < 1.29 is 18.8 Å². The maximum absolute atomic E-state index is 12.5. The second-order valence-corrected chi connectivity index (χ2v) is 6.31. The van der Waals surface area contributed by atoms with Crippen LogP contribution in [0.15, 0.2) is 52.4 Å². The first-order valence-corrected chi connectivity index (χ1v) is 8.44. The third-order valence-electron chi connectivity index (χ3n) is 3.55. The highest BCUT2D eigenvalue weighted by Crippen LogP contribution is 2.23. The number of nitrogens with zero attached hydrogens (tertiary/aromatic N) is 2. The van der Waals surface area contributed by atoms with E-state index in [9.17, 15) is 9.59 Å². The van der Waals surface area contributed by atoms with Gasteiger partial charge in [0.2, 0.25) is 0 Å². The Balaban J connectivity index is 1.78. The first kappa shape index (κ1) is 16.9. The molecule has 2 heterocycles. The van der Waals surface area contributed by atoms with E-state index in [2.05, 4.69) is 5.16 Å². The van der Waals surface area contributed by atoms with E-state index < -0.39 is 5.97 Å². The molecule has 0 fully saturated rings. The number of carbonyl (C=O) groups excluding carboxylic acids is 2. The topological polar surface area (TPSA) is 72.6 Å². The number of amides is 1. The van der Waals surface area contributed by atoms with Gasteiger partial charge in [0, 0.05) is 13.1 Å². The molecular formula is C18H16N2O4S. The molecule has 0 atom stereocenters. The number of carbonyl (C=O) groups is 2. The number of hydrogen-bond acceptors (Lipinski definition) is 6. The zero-order valence-corrected chi connectivity index (χ0v) is 14.6. The van der Waals surface area contributed by atoms with E-state index in [4.69, 9.17) is 9.26 Å². The first-order chi connectivity index (χ1) is 12.1. The number of ether oxygens (including phenoxy) is 1. The van der Waals surface area contributed by atoms with Gasteiger partial charge in [0.25, 0.3) is 5.91 Å². The van der Waals surface area contributed by atoms with E-state index in [-0.39, 0.29) is 12.5 Å². The molecule has 0 unspecified atom stereocenters. The van der Waals surface area contributed by atoms with Crippen molar-refractivity contribution in [2.45, 2.75) is 13.5 Å². The minimum Gasteiger partial charge on any atom is -0.455 e. The van der Waals surface area contributed by atoms with Crippen LogP contribution < -0.4 is 4.90 Å².